The Bertz CT molecular complexity index is 729. The van der Waals surface area contributed by atoms with Crippen molar-refractivity contribution in [3.05, 3.63) is 41.8 Å². The normalized spacial score (nSPS) is 29.7. The van der Waals surface area contributed by atoms with Gasteiger partial charge in [-0.2, -0.15) is 5.10 Å². The van der Waals surface area contributed by atoms with E-state index in [1.165, 1.54) is 18.6 Å². The number of nitrogens with one attached hydrogen (secondary N) is 1. The third-order valence-electron chi connectivity index (χ3n) is 6.25. The van der Waals surface area contributed by atoms with E-state index in [9.17, 15) is 9.50 Å². The number of fused-ring (bicyclic) bond motifs is 1. The topological polar surface area (TPSA) is 52.1 Å². The Morgan fingerprint density at radius 2 is 2.12 bits per heavy atom. The lowest BCUT2D eigenvalue weighted by Crippen LogP contribution is -2.44. The summed E-state index contributed by atoms with van der Waals surface area (Å²) in [5.74, 6) is 0.750. The van der Waals surface area contributed by atoms with Crippen LogP contribution in [0.3, 0.4) is 0 Å². The van der Waals surface area contributed by atoms with Gasteiger partial charge in [0.15, 0.2) is 0 Å². The highest BCUT2D eigenvalue weighted by Gasteiger charge is 2.47. The van der Waals surface area contributed by atoms with Gasteiger partial charge in [-0.1, -0.05) is 13.3 Å². The summed E-state index contributed by atoms with van der Waals surface area (Å²) in [5.41, 5.74) is 2.55. The Labute approximate surface area is 148 Å². The molecule has 0 amide bonds. The first-order valence-corrected chi connectivity index (χ1v) is 9.32. The van der Waals surface area contributed by atoms with Crippen LogP contribution in [-0.2, 0) is 6.54 Å². The number of nitrogens with zero attached hydrogens (tertiary/aromatic N) is 2. The van der Waals surface area contributed by atoms with Gasteiger partial charge in [-0.3, -0.25) is 10.00 Å². The highest BCUT2D eigenvalue weighted by atomic mass is 19.1. The number of aliphatic hydroxyl groups is 1. The van der Waals surface area contributed by atoms with Crippen molar-refractivity contribution in [2.24, 2.45) is 11.8 Å². The molecule has 2 heterocycles. The molecule has 2 aliphatic rings. The average molecular weight is 343 g/mol. The number of likely N-dealkylation sites (tertiary alicyclic amines) is 1. The van der Waals surface area contributed by atoms with E-state index in [1.807, 2.05) is 6.20 Å². The maximum Gasteiger partial charge on any atom is 0.123 e. The molecule has 0 spiro atoms. The van der Waals surface area contributed by atoms with Gasteiger partial charge in [0.25, 0.3) is 0 Å². The van der Waals surface area contributed by atoms with Crippen LogP contribution in [0.4, 0.5) is 4.39 Å². The summed E-state index contributed by atoms with van der Waals surface area (Å²) in [7, 11) is 0. The predicted molar refractivity (Wildman–Crippen MR) is 95.3 cm³/mol. The van der Waals surface area contributed by atoms with E-state index in [0.29, 0.717) is 11.8 Å². The van der Waals surface area contributed by atoms with Gasteiger partial charge in [-0.25, -0.2) is 4.39 Å². The lowest BCUT2D eigenvalue weighted by molar-refractivity contribution is -0.0613. The Morgan fingerprint density at radius 3 is 2.88 bits per heavy atom. The van der Waals surface area contributed by atoms with Gasteiger partial charge in [0.1, 0.15) is 5.82 Å². The summed E-state index contributed by atoms with van der Waals surface area (Å²) in [4.78, 5) is 2.44. The van der Waals surface area contributed by atoms with Crippen molar-refractivity contribution in [1.29, 1.82) is 0 Å². The smallest absolute Gasteiger partial charge is 0.123 e. The standard InChI is InChI=1S/C20H26FN3O/c1-2-20(25)9-3-4-15-11-24(13-18(15)20)12-16-10-22-23-19(16)14-5-7-17(21)8-6-14/h5-8,10,15,18,25H,2-4,9,11-13H2,1H3,(H,22,23)/t15-,18+,20-/m0/s1. The minimum absolute atomic E-state index is 0.229. The van der Waals surface area contributed by atoms with Crippen molar-refractivity contribution < 1.29 is 9.50 Å². The van der Waals surface area contributed by atoms with Crippen LogP contribution in [0.15, 0.2) is 30.5 Å². The monoisotopic (exact) mass is 343 g/mol. The number of aromatic amines is 1. The van der Waals surface area contributed by atoms with E-state index in [0.717, 1.165) is 55.7 Å². The van der Waals surface area contributed by atoms with Gasteiger partial charge in [0, 0.05) is 36.7 Å². The summed E-state index contributed by atoms with van der Waals surface area (Å²) in [5, 5.41) is 18.2. The predicted octanol–water partition coefficient (Wildman–Crippen LogP) is 3.59. The first-order chi connectivity index (χ1) is 12.1. The van der Waals surface area contributed by atoms with Crippen molar-refractivity contribution in [2.45, 2.75) is 44.8 Å². The highest BCUT2D eigenvalue weighted by molar-refractivity contribution is 5.62. The number of halogens is 1. The van der Waals surface area contributed by atoms with E-state index in [2.05, 4.69) is 22.0 Å². The highest BCUT2D eigenvalue weighted by Crippen LogP contribution is 2.44. The van der Waals surface area contributed by atoms with Gasteiger partial charge < -0.3 is 5.11 Å². The molecule has 2 N–H and O–H groups in total. The lowest BCUT2D eigenvalue weighted by Gasteiger charge is -2.40. The molecule has 1 saturated carbocycles. The quantitative estimate of drug-likeness (QED) is 0.892. The van der Waals surface area contributed by atoms with E-state index in [-0.39, 0.29) is 5.82 Å². The van der Waals surface area contributed by atoms with Gasteiger partial charge in [-0.15, -0.1) is 0 Å². The first kappa shape index (κ1) is 16.7. The molecule has 0 bridgehead atoms. The minimum Gasteiger partial charge on any atom is -0.390 e. The Balaban J connectivity index is 1.51. The van der Waals surface area contributed by atoms with Crippen molar-refractivity contribution in [1.82, 2.24) is 15.1 Å². The van der Waals surface area contributed by atoms with Crippen LogP contribution in [-0.4, -0.2) is 38.9 Å². The molecule has 134 valence electrons. The number of rotatable bonds is 4. The second kappa shape index (κ2) is 6.54. The van der Waals surface area contributed by atoms with Crippen LogP contribution in [0.2, 0.25) is 0 Å². The molecule has 0 radical (unpaired) electrons. The zero-order chi connectivity index (χ0) is 17.4. The molecule has 1 aromatic carbocycles. The average Bonchev–Trinajstić information content (AvgIpc) is 3.24. The number of hydrogen-bond donors (Lipinski definition) is 2. The number of hydrogen-bond acceptors (Lipinski definition) is 3. The molecule has 1 aromatic heterocycles. The molecule has 3 atom stereocenters. The molecule has 5 heteroatoms. The fraction of sp³-hybridized carbons (Fsp3) is 0.550. The third-order valence-corrected chi connectivity index (χ3v) is 6.25. The van der Waals surface area contributed by atoms with Crippen LogP contribution < -0.4 is 0 Å². The molecule has 1 saturated heterocycles. The number of benzene rings is 1. The number of aromatic nitrogens is 2. The third kappa shape index (κ3) is 3.11. The SMILES string of the molecule is CC[C@]1(O)CCC[C@H]2CN(Cc3cn[nH]c3-c3ccc(F)cc3)C[C@H]21. The molecular weight excluding hydrogens is 317 g/mol. The molecular formula is C20H26FN3O. The van der Waals surface area contributed by atoms with Crippen LogP contribution in [0.5, 0.6) is 0 Å². The molecule has 2 aromatic rings. The molecule has 4 rings (SSSR count). The molecule has 2 fully saturated rings. The van der Waals surface area contributed by atoms with E-state index in [4.69, 9.17) is 0 Å². The Hall–Kier alpha value is -1.72. The molecule has 25 heavy (non-hydrogen) atoms. The van der Waals surface area contributed by atoms with Gasteiger partial charge in [0.2, 0.25) is 0 Å². The fourth-order valence-corrected chi connectivity index (χ4v) is 4.82. The maximum absolute atomic E-state index is 13.2. The second-order valence-electron chi connectivity index (χ2n) is 7.69. The van der Waals surface area contributed by atoms with Crippen LogP contribution in [0.1, 0.15) is 38.2 Å². The lowest BCUT2D eigenvalue weighted by atomic mass is 9.69. The maximum atomic E-state index is 13.2. The first-order valence-electron chi connectivity index (χ1n) is 9.32. The second-order valence-corrected chi connectivity index (χ2v) is 7.69. The summed E-state index contributed by atoms with van der Waals surface area (Å²) in [6.45, 7) is 4.91. The summed E-state index contributed by atoms with van der Waals surface area (Å²) < 4.78 is 13.2. The Kier molecular flexibility index (Phi) is 4.38. The summed E-state index contributed by atoms with van der Waals surface area (Å²) in [6, 6.07) is 6.52. The van der Waals surface area contributed by atoms with Gasteiger partial charge >= 0.3 is 0 Å². The molecule has 0 unspecified atom stereocenters. The molecule has 4 nitrogen and oxygen atoms in total. The largest absolute Gasteiger partial charge is 0.390 e. The summed E-state index contributed by atoms with van der Waals surface area (Å²) in [6.07, 6.45) is 6.00. The molecule has 1 aliphatic carbocycles. The Morgan fingerprint density at radius 1 is 1.32 bits per heavy atom. The van der Waals surface area contributed by atoms with Crippen LogP contribution in [0, 0.1) is 17.7 Å². The zero-order valence-corrected chi connectivity index (χ0v) is 14.7. The van der Waals surface area contributed by atoms with Crippen molar-refractivity contribution in [2.75, 3.05) is 13.1 Å². The van der Waals surface area contributed by atoms with Crippen LogP contribution >= 0.6 is 0 Å². The van der Waals surface area contributed by atoms with E-state index < -0.39 is 5.60 Å². The van der Waals surface area contributed by atoms with Crippen LogP contribution in [0.25, 0.3) is 11.3 Å². The van der Waals surface area contributed by atoms with E-state index >= 15 is 0 Å². The minimum atomic E-state index is -0.492. The van der Waals surface area contributed by atoms with Crippen molar-refractivity contribution >= 4 is 0 Å². The zero-order valence-electron chi connectivity index (χ0n) is 14.7. The fourth-order valence-electron chi connectivity index (χ4n) is 4.82. The van der Waals surface area contributed by atoms with Gasteiger partial charge in [0.05, 0.1) is 17.5 Å². The molecule has 1 aliphatic heterocycles. The van der Waals surface area contributed by atoms with Crippen molar-refractivity contribution in [3.63, 3.8) is 0 Å². The van der Waals surface area contributed by atoms with Gasteiger partial charge in [-0.05, 0) is 49.4 Å². The van der Waals surface area contributed by atoms with E-state index in [1.54, 1.807) is 12.1 Å². The number of H-pyrrole nitrogens is 1. The summed E-state index contributed by atoms with van der Waals surface area (Å²) >= 11 is 0. The van der Waals surface area contributed by atoms with Crippen molar-refractivity contribution in [3.8, 4) is 11.3 Å².